The SMILES string of the molecule is CCCCCCCCCCCCCCC(Cl)CCCCCCCCCCC.CNC. The molecule has 0 radical (unpaired) electrons. The Balaban J connectivity index is 0. The van der Waals surface area contributed by atoms with Crippen molar-refractivity contribution in [1.29, 1.82) is 0 Å². The zero-order valence-electron chi connectivity index (χ0n) is 21.7. The molecule has 0 saturated heterocycles. The van der Waals surface area contributed by atoms with Gasteiger partial charge in [-0.2, -0.15) is 0 Å². The van der Waals surface area contributed by atoms with Crippen molar-refractivity contribution in [3.63, 3.8) is 0 Å². The number of hydrogen-bond acceptors (Lipinski definition) is 1. The maximum Gasteiger partial charge on any atom is 0.0336 e. The second-order valence-corrected chi connectivity index (χ2v) is 10.0. The van der Waals surface area contributed by atoms with Crippen molar-refractivity contribution in [3.05, 3.63) is 0 Å². The van der Waals surface area contributed by atoms with Crippen LogP contribution >= 0.6 is 11.6 Å². The fourth-order valence-corrected chi connectivity index (χ4v) is 4.34. The highest BCUT2D eigenvalue weighted by Gasteiger charge is 2.04. The molecule has 0 aromatic rings. The molecule has 0 rings (SSSR count). The van der Waals surface area contributed by atoms with Crippen LogP contribution in [-0.4, -0.2) is 19.5 Å². The molecule has 1 nitrogen and oxygen atoms in total. The van der Waals surface area contributed by atoms with E-state index in [9.17, 15) is 0 Å². The molecule has 0 fully saturated rings. The maximum atomic E-state index is 6.51. The Kier molecular flexibility index (Phi) is 34.0. The van der Waals surface area contributed by atoms with Crippen LogP contribution < -0.4 is 5.32 Å². The highest BCUT2D eigenvalue weighted by atomic mass is 35.5. The average molecular weight is 446 g/mol. The van der Waals surface area contributed by atoms with Gasteiger partial charge in [0, 0.05) is 5.38 Å². The summed E-state index contributed by atoms with van der Waals surface area (Å²) in [6.07, 6.45) is 32.4. The minimum absolute atomic E-state index is 0.442. The van der Waals surface area contributed by atoms with Gasteiger partial charge >= 0.3 is 0 Å². The molecule has 2 heteroatoms. The van der Waals surface area contributed by atoms with Crippen molar-refractivity contribution in [2.24, 2.45) is 0 Å². The summed E-state index contributed by atoms with van der Waals surface area (Å²) in [5.41, 5.74) is 0. The molecule has 0 bridgehead atoms. The third-order valence-corrected chi connectivity index (χ3v) is 6.43. The molecule has 0 aliphatic rings. The van der Waals surface area contributed by atoms with E-state index in [1.165, 1.54) is 148 Å². The van der Waals surface area contributed by atoms with Crippen LogP contribution in [0.2, 0.25) is 0 Å². The van der Waals surface area contributed by atoms with Crippen LogP contribution in [-0.2, 0) is 0 Å². The van der Waals surface area contributed by atoms with Crippen LogP contribution in [0.5, 0.6) is 0 Å². The van der Waals surface area contributed by atoms with Gasteiger partial charge in [0.15, 0.2) is 0 Å². The third-order valence-electron chi connectivity index (χ3n) is 5.99. The minimum atomic E-state index is 0.442. The first-order chi connectivity index (χ1) is 14.7. The predicted molar refractivity (Wildman–Crippen MR) is 142 cm³/mol. The van der Waals surface area contributed by atoms with Crippen LogP contribution in [0.15, 0.2) is 0 Å². The standard InChI is InChI=1S/C26H53Cl.C2H7N/c1-3-5-7-9-11-13-14-15-17-19-21-23-25-26(27)24-22-20-18-16-12-10-8-6-4-2;1-3-2/h26H,3-25H2,1-2H3;3H,1-2H3. The van der Waals surface area contributed by atoms with Crippen molar-refractivity contribution in [2.45, 2.75) is 167 Å². The summed E-state index contributed by atoms with van der Waals surface area (Å²) in [4.78, 5) is 0. The second-order valence-electron chi connectivity index (χ2n) is 9.39. The lowest BCUT2D eigenvalue weighted by molar-refractivity contribution is 0.520. The van der Waals surface area contributed by atoms with E-state index >= 15 is 0 Å². The number of unbranched alkanes of at least 4 members (excludes halogenated alkanes) is 19. The van der Waals surface area contributed by atoms with Gasteiger partial charge in [0.2, 0.25) is 0 Å². The lowest BCUT2D eigenvalue weighted by Gasteiger charge is -2.09. The number of nitrogens with one attached hydrogen (secondary N) is 1. The molecule has 0 amide bonds. The average Bonchev–Trinajstić information content (AvgIpc) is 2.74. The van der Waals surface area contributed by atoms with Crippen molar-refractivity contribution < 1.29 is 0 Å². The summed E-state index contributed by atoms with van der Waals surface area (Å²) in [5.74, 6) is 0. The van der Waals surface area contributed by atoms with Crippen LogP contribution in [0.1, 0.15) is 162 Å². The zero-order chi connectivity index (χ0) is 22.5. The van der Waals surface area contributed by atoms with E-state index < -0.39 is 0 Å². The van der Waals surface area contributed by atoms with E-state index in [2.05, 4.69) is 19.2 Å². The van der Waals surface area contributed by atoms with Crippen molar-refractivity contribution >= 4 is 11.6 Å². The molecule has 0 heterocycles. The van der Waals surface area contributed by atoms with Gasteiger partial charge in [-0.1, -0.05) is 149 Å². The van der Waals surface area contributed by atoms with Gasteiger partial charge in [-0.05, 0) is 26.9 Å². The first kappa shape index (κ1) is 32.4. The molecular weight excluding hydrogens is 386 g/mol. The highest BCUT2D eigenvalue weighted by Crippen LogP contribution is 2.19. The minimum Gasteiger partial charge on any atom is -0.323 e. The van der Waals surface area contributed by atoms with Crippen molar-refractivity contribution in [2.75, 3.05) is 14.1 Å². The second kappa shape index (κ2) is 31.4. The predicted octanol–water partition coefficient (Wildman–Crippen LogP) is 10.4. The third kappa shape index (κ3) is 32.9. The molecule has 1 atom stereocenters. The van der Waals surface area contributed by atoms with Gasteiger partial charge in [-0.25, -0.2) is 0 Å². The van der Waals surface area contributed by atoms with E-state index in [4.69, 9.17) is 11.6 Å². The highest BCUT2D eigenvalue weighted by molar-refractivity contribution is 6.20. The number of rotatable bonds is 23. The fourth-order valence-electron chi connectivity index (χ4n) is 4.03. The van der Waals surface area contributed by atoms with Crippen molar-refractivity contribution in [1.82, 2.24) is 5.32 Å². The first-order valence-corrected chi connectivity index (χ1v) is 14.4. The van der Waals surface area contributed by atoms with E-state index in [1.54, 1.807) is 0 Å². The fraction of sp³-hybridized carbons (Fsp3) is 1.00. The summed E-state index contributed by atoms with van der Waals surface area (Å²) in [5, 5.41) is 3.19. The summed E-state index contributed by atoms with van der Waals surface area (Å²) < 4.78 is 0. The monoisotopic (exact) mass is 445 g/mol. The zero-order valence-corrected chi connectivity index (χ0v) is 22.5. The molecule has 1 N–H and O–H groups in total. The smallest absolute Gasteiger partial charge is 0.0336 e. The summed E-state index contributed by atoms with van der Waals surface area (Å²) >= 11 is 6.51. The van der Waals surface area contributed by atoms with Gasteiger partial charge in [-0.15, -0.1) is 11.6 Å². The van der Waals surface area contributed by atoms with Crippen LogP contribution in [0.25, 0.3) is 0 Å². The lowest BCUT2D eigenvalue weighted by Crippen LogP contribution is -1.98. The number of hydrogen-bond donors (Lipinski definition) is 1. The van der Waals surface area contributed by atoms with Crippen LogP contribution in [0.3, 0.4) is 0 Å². The Hall–Kier alpha value is 0.250. The van der Waals surface area contributed by atoms with E-state index in [0.29, 0.717) is 5.38 Å². The molecule has 0 aliphatic heterocycles. The van der Waals surface area contributed by atoms with E-state index in [-0.39, 0.29) is 0 Å². The molecule has 184 valence electrons. The Bertz CT molecular complexity index is 269. The van der Waals surface area contributed by atoms with Gasteiger partial charge < -0.3 is 5.32 Å². The van der Waals surface area contributed by atoms with Crippen LogP contribution in [0.4, 0.5) is 0 Å². The van der Waals surface area contributed by atoms with Gasteiger partial charge in [0.1, 0.15) is 0 Å². The molecule has 0 saturated carbocycles. The Morgan fingerprint density at radius 2 is 0.633 bits per heavy atom. The molecule has 0 spiro atoms. The molecule has 30 heavy (non-hydrogen) atoms. The quantitative estimate of drug-likeness (QED) is 0.122. The molecular formula is C28H60ClN. The topological polar surface area (TPSA) is 12.0 Å². The summed E-state index contributed by atoms with van der Waals surface area (Å²) in [6, 6.07) is 0. The molecule has 0 aromatic carbocycles. The molecule has 1 unspecified atom stereocenters. The Morgan fingerprint density at radius 1 is 0.433 bits per heavy atom. The molecule has 0 aliphatic carbocycles. The normalized spacial score (nSPS) is 11.9. The van der Waals surface area contributed by atoms with Gasteiger partial charge in [0.25, 0.3) is 0 Å². The van der Waals surface area contributed by atoms with Crippen molar-refractivity contribution in [3.8, 4) is 0 Å². The summed E-state index contributed by atoms with van der Waals surface area (Å²) in [6.45, 7) is 4.59. The van der Waals surface area contributed by atoms with Crippen LogP contribution in [0, 0.1) is 0 Å². The molecule has 0 aromatic heterocycles. The van der Waals surface area contributed by atoms with E-state index in [1.807, 2.05) is 14.1 Å². The number of halogens is 1. The largest absolute Gasteiger partial charge is 0.323 e. The maximum absolute atomic E-state index is 6.51. The van der Waals surface area contributed by atoms with Gasteiger partial charge in [-0.3, -0.25) is 0 Å². The number of alkyl halides is 1. The summed E-state index contributed by atoms with van der Waals surface area (Å²) in [7, 11) is 3.75. The first-order valence-electron chi connectivity index (χ1n) is 13.9. The van der Waals surface area contributed by atoms with E-state index in [0.717, 1.165) is 0 Å². The Labute approximate surface area is 197 Å². The lowest BCUT2D eigenvalue weighted by atomic mass is 10.0. The van der Waals surface area contributed by atoms with Gasteiger partial charge in [0.05, 0.1) is 0 Å². The Morgan fingerprint density at radius 3 is 0.867 bits per heavy atom.